The van der Waals surface area contributed by atoms with Crippen molar-refractivity contribution in [1.29, 1.82) is 0 Å². The van der Waals surface area contributed by atoms with Gasteiger partial charge in [0.2, 0.25) is 0 Å². The average Bonchev–Trinajstić information content (AvgIpc) is 2.89. The molecule has 2 aromatic carbocycles. The van der Waals surface area contributed by atoms with Crippen LogP contribution in [0.3, 0.4) is 0 Å². The Hall–Kier alpha value is -2.67. The average molecular weight is 371 g/mol. The molecule has 3 amide bonds. The molecule has 0 spiro atoms. The van der Waals surface area contributed by atoms with Crippen molar-refractivity contribution < 1.29 is 14.7 Å². The number of nitrogens with one attached hydrogen (secondary N) is 2. The zero-order chi connectivity index (χ0) is 19.1. The number of thiol groups is 1. The maximum absolute atomic E-state index is 11.7. The van der Waals surface area contributed by atoms with Crippen LogP contribution in [0.4, 0.5) is 21.0 Å². The Morgan fingerprint density at radius 3 is 2.27 bits per heavy atom. The molecule has 6 nitrogen and oxygen atoms in total. The van der Waals surface area contributed by atoms with Crippen molar-refractivity contribution in [3.05, 3.63) is 47.5 Å². The smallest absolute Gasteiger partial charge is 0.412 e. The fourth-order valence-electron chi connectivity index (χ4n) is 3.36. The van der Waals surface area contributed by atoms with Crippen LogP contribution in [0.25, 0.3) is 11.1 Å². The third kappa shape index (κ3) is 3.35. The van der Waals surface area contributed by atoms with E-state index in [4.69, 9.17) is 0 Å². The van der Waals surface area contributed by atoms with E-state index < -0.39 is 17.7 Å². The molecule has 1 aliphatic rings. The van der Waals surface area contributed by atoms with E-state index in [-0.39, 0.29) is 0 Å². The van der Waals surface area contributed by atoms with Gasteiger partial charge in [-0.2, -0.15) is 0 Å². The Kier molecular flexibility index (Phi) is 4.58. The van der Waals surface area contributed by atoms with Crippen molar-refractivity contribution in [2.45, 2.75) is 32.7 Å². The van der Waals surface area contributed by atoms with Gasteiger partial charge in [0.15, 0.2) is 0 Å². The van der Waals surface area contributed by atoms with Crippen LogP contribution in [0, 0.1) is 0 Å². The summed E-state index contributed by atoms with van der Waals surface area (Å²) in [6.07, 6.45) is -0.286. The van der Waals surface area contributed by atoms with Gasteiger partial charge in [0.25, 0.3) is 0 Å². The van der Waals surface area contributed by atoms with Gasteiger partial charge in [-0.15, -0.1) is 0 Å². The van der Waals surface area contributed by atoms with E-state index in [9.17, 15) is 14.7 Å². The first kappa shape index (κ1) is 18.1. The van der Waals surface area contributed by atoms with Crippen molar-refractivity contribution in [3.63, 3.8) is 0 Å². The molecule has 3 N–H and O–H groups in total. The highest BCUT2D eigenvalue weighted by Gasteiger charge is 2.29. The number of hydrogen-bond donors (Lipinski definition) is 4. The fourth-order valence-corrected chi connectivity index (χ4v) is 3.41. The summed E-state index contributed by atoms with van der Waals surface area (Å²) in [6.45, 7) is 5.61. The lowest BCUT2D eigenvalue weighted by Crippen LogP contribution is -2.45. The van der Waals surface area contributed by atoms with Gasteiger partial charge < -0.3 is 10.4 Å². The van der Waals surface area contributed by atoms with E-state index in [1.165, 1.54) is 4.90 Å². The van der Waals surface area contributed by atoms with Gasteiger partial charge in [0.05, 0.1) is 0 Å². The van der Waals surface area contributed by atoms with E-state index in [1.807, 2.05) is 57.2 Å². The summed E-state index contributed by atoms with van der Waals surface area (Å²) in [5.74, 6) is 0. The first-order valence-corrected chi connectivity index (χ1v) is 8.66. The zero-order valence-corrected chi connectivity index (χ0v) is 15.7. The highest BCUT2D eigenvalue weighted by molar-refractivity contribution is 7.78. The van der Waals surface area contributed by atoms with E-state index in [2.05, 4.69) is 22.9 Å². The topological polar surface area (TPSA) is 81.7 Å². The number of fused-ring (bicyclic) bond motifs is 3. The number of carbonyl (C=O) groups excluding carboxylic acids is 1. The summed E-state index contributed by atoms with van der Waals surface area (Å²) in [6, 6.07) is 11.1. The van der Waals surface area contributed by atoms with E-state index >= 15 is 0 Å². The molecule has 136 valence electrons. The standard InChI is InChI=1S/C19H21N3O3S/c1-19(2,3)22(18(24)25)14-5-7-16-12(10-14)8-11-9-13(4-6-15(11)16)20-17(23)21-26/h4-7,9-10,26H,8H2,1-3H3,(H,24,25)(H2,20,21,23). The van der Waals surface area contributed by atoms with Gasteiger partial charge >= 0.3 is 12.1 Å². The van der Waals surface area contributed by atoms with Crippen molar-refractivity contribution in [2.75, 3.05) is 10.2 Å². The molecule has 3 rings (SSSR count). The maximum atomic E-state index is 11.7. The lowest BCUT2D eigenvalue weighted by molar-refractivity contribution is 0.195. The maximum Gasteiger partial charge on any atom is 0.412 e. The van der Waals surface area contributed by atoms with Crippen LogP contribution in [-0.4, -0.2) is 22.8 Å². The van der Waals surface area contributed by atoms with Gasteiger partial charge in [0.1, 0.15) is 0 Å². The number of urea groups is 1. The number of carboxylic acid groups (broad SMARTS) is 1. The molecule has 26 heavy (non-hydrogen) atoms. The Morgan fingerprint density at radius 2 is 1.69 bits per heavy atom. The van der Waals surface area contributed by atoms with Crippen molar-refractivity contribution in [3.8, 4) is 11.1 Å². The van der Waals surface area contributed by atoms with Crippen molar-refractivity contribution in [1.82, 2.24) is 4.72 Å². The molecule has 1 aliphatic carbocycles. The molecule has 0 aromatic heterocycles. The molecule has 0 saturated heterocycles. The van der Waals surface area contributed by atoms with Crippen LogP contribution in [0.2, 0.25) is 0 Å². The normalized spacial score (nSPS) is 12.2. The predicted octanol–water partition coefficient (Wildman–Crippen LogP) is 4.51. The molecule has 0 fully saturated rings. The van der Waals surface area contributed by atoms with Crippen LogP contribution < -0.4 is 14.9 Å². The van der Waals surface area contributed by atoms with Gasteiger partial charge in [-0.25, -0.2) is 9.59 Å². The molecule has 0 heterocycles. The summed E-state index contributed by atoms with van der Waals surface area (Å²) in [5, 5.41) is 12.3. The highest BCUT2D eigenvalue weighted by Crippen LogP contribution is 2.40. The molecule has 0 aliphatic heterocycles. The third-order valence-electron chi connectivity index (χ3n) is 4.34. The Labute approximate surface area is 157 Å². The Balaban J connectivity index is 1.94. The number of amides is 3. The van der Waals surface area contributed by atoms with Crippen LogP contribution in [0.5, 0.6) is 0 Å². The molecular weight excluding hydrogens is 350 g/mol. The summed E-state index contributed by atoms with van der Waals surface area (Å²) >= 11 is 3.72. The van der Waals surface area contributed by atoms with Gasteiger partial charge in [-0.05, 0) is 73.7 Å². The lowest BCUT2D eigenvalue weighted by Gasteiger charge is -2.33. The van der Waals surface area contributed by atoms with Crippen LogP contribution >= 0.6 is 12.8 Å². The minimum atomic E-state index is -0.975. The first-order chi connectivity index (χ1) is 12.2. The summed E-state index contributed by atoms with van der Waals surface area (Å²) in [4.78, 5) is 24.5. The predicted molar refractivity (Wildman–Crippen MR) is 106 cm³/mol. The van der Waals surface area contributed by atoms with E-state index in [1.54, 1.807) is 0 Å². The number of benzene rings is 2. The largest absolute Gasteiger partial charge is 0.465 e. The number of carbonyl (C=O) groups is 2. The number of rotatable bonds is 2. The van der Waals surface area contributed by atoms with E-state index in [0.29, 0.717) is 17.8 Å². The lowest BCUT2D eigenvalue weighted by atomic mass is 10.0. The molecule has 0 unspecified atom stereocenters. The zero-order valence-electron chi connectivity index (χ0n) is 14.8. The molecule has 0 bridgehead atoms. The molecule has 0 atom stereocenters. The second kappa shape index (κ2) is 6.57. The van der Waals surface area contributed by atoms with E-state index in [0.717, 1.165) is 22.3 Å². The van der Waals surface area contributed by atoms with Crippen molar-refractivity contribution in [2.24, 2.45) is 0 Å². The first-order valence-electron chi connectivity index (χ1n) is 8.21. The second-order valence-corrected chi connectivity index (χ2v) is 7.47. The summed E-state index contributed by atoms with van der Waals surface area (Å²) in [5.41, 5.74) is 5.15. The van der Waals surface area contributed by atoms with Crippen molar-refractivity contribution >= 4 is 36.3 Å². The monoisotopic (exact) mass is 371 g/mol. The molecule has 7 heteroatoms. The summed E-state index contributed by atoms with van der Waals surface area (Å²) in [7, 11) is 0. The molecule has 0 saturated carbocycles. The van der Waals surface area contributed by atoms with Crippen LogP contribution in [0.15, 0.2) is 36.4 Å². The number of anilines is 2. The number of hydrogen-bond acceptors (Lipinski definition) is 3. The highest BCUT2D eigenvalue weighted by atomic mass is 32.1. The summed E-state index contributed by atoms with van der Waals surface area (Å²) < 4.78 is 2.23. The third-order valence-corrected chi connectivity index (χ3v) is 4.55. The Morgan fingerprint density at radius 1 is 1.08 bits per heavy atom. The minimum absolute atomic E-state index is 0.395. The van der Waals surface area contributed by atoms with Gasteiger partial charge in [-0.3, -0.25) is 9.62 Å². The van der Waals surface area contributed by atoms with Gasteiger partial charge in [0, 0.05) is 16.9 Å². The number of nitrogens with zero attached hydrogens (tertiary/aromatic N) is 1. The Bertz CT molecular complexity index is 890. The minimum Gasteiger partial charge on any atom is -0.465 e. The molecular formula is C19H21N3O3S. The SMILES string of the molecule is CC(C)(C)N(C(=O)O)c1ccc2c(c1)Cc1cc(NC(=O)NS)ccc1-2. The molecule has 2 aromatic rings. The van der Waals surface area contributed by atoms with Crippen LogP contribution in [0.1, 0.15) is 31.9 Å². The van der Waals surface area contributed by atoms with Crippen LogP contribution in [-0.2, 0) is 6.42 Å². The fraction of sp³-hybridized carbons (Fsp3) is 0.263. The van der Waals surface area contributed by atoms with Gasteiger partial charge in [-0.1, -0.05) is 24.9 Å². The second-order valence-electron chi connectivity index (χ2n) is 7.24. The quantitative estimate of drug-likeness (QED) is 0.500. The molecule has 0 radical (unpaired) electrons.